The van der Waals surface area contributed by atoms with Crippen molar-refractivity contribution in [1.29, 1.82) is 5.26 Å². The summed E-state index contributed by atoms with van der Waals surface area (Å²) < 4.78 is 31.8. The number of rotatable bonds is 3. The Hall–Kier alpha value is -1.53. The van der Waals surface area contributed by atoms with Crippen LogP contribution in [-0.2, 0) is 14.8 Å². The molecule has 1 aliphatic rings. The van der Waals surface area contributed by atoms with Crippen LogP contribution < -0.4 is 0 Å². The lowest BCUT2D eigenvalue weighted by atomic mass is 10.2. The van der Waals surface area contributed by atoms with Gasteiger partial charge in [0.05, 0.1) is 18.8 Å². The number of aliphatic hydroxyl groups excluding tert-OH is 1. The van der Waals surface area contributed by atoms with Crippen molar-refractivity contribution >= 4 is 10.0 Å². The van der Waals surface area contributed by atoms with E-state index in [4.69, 9.17) is 15.1 Å². The smallest absolute Gasteiger partial charge is 0.246 e. The van der Waals surface area contributed by atoms with Gasteiger partial charge in [0.15, 0.2) is 5.69 Å². The maximum Gasteiger partial charge on any atom is 0.246 e. The van der Waals surface area contributed by atoms with Crippen LogP contribution in [0.5, 0.6) is 0 Å². The van der Waals surface area contributed by atoms with E-state index in [9.17, 15) is 8.42 Å². The highest BCUT2D eigenvalue weighted by atomic mass is 32.2. The van der Waals surface area contributed by atoms with Crippen LogP contribution in [0.4, 0.5) is 0 Å². The number of hydrogen-bond donors (Lipinski definition) is 1. The molecule has 2 rings (SSSR count). The minimum Gasteiger partial charge on any atom is -0.394 e. The van der Waals surface area contributed by atoms with Crippen molar-refractivity contribution in [2.45, 2.75) is 24.0 Å². The van der Waals surface area contributed by atoms with E-state index in [1.54, 1.807) is 13.0 Å². The summed E-state index contributed by atoms with van der Waals surface area (Å²) in [5.74, 6) is 0. The summed E-state index contributed by atoms with van der Waals surface area (Å²) in [5, 5.41) is 18.1. The summed E-state index contributed by atoms with van der Waals surface area (Å²) >= 11 is 0. The molecule has 7 nitrogen and oxygen atoms in total. The van der Waals surface area contributed by atoms with Gasteiger partial charge in [0.2, 0.25) is 10.0 Å². The maximum absolute atomic E-state index is 12.6. The molecule has 1 N–H and O–H groups in total. The maximum atomic E-state index is 12.6. The Balaban J connectivity index is 2.37. The van der Waals surface area contributed by atoms with Gasteiger partial charge >= 0.3 is 0 Å². The number of aromatic nitrogens is 1. The third kappa shape index (κ3) is 2.81. The van der Waals surface area contributed by atoms with Crippen LogP contribution in [-0.4, -0.2) is 54.7 Å². The van der Waals surface area contributed by atoms with Crippen molar-refractivity contribution in [2.75, 3.05) is 19.7 Å². The fourth-order valence-electron chi connectivity index (χ4n) is 2.12. The number of hydrogen-bond acceptors (Lipinski definition) is 6. The van der Waals surface area contributed by atoms with Gasteiger partial charge in [-0.2, -0.15) is 9.57 Å². The van der Waals surface area contributed by atoms with Crippen molar-refractivity contribution < 1.29 is 18.3 Å². The van der Waals surface area contributed by atoms with Crippen LogP contribution in [0.15, 0.2) is 23.2 Å². The molecule has 0 spiro atoms. The Bertz CT molecular complexity index is 626. The highest BCUT2D eigenvalue weighted by Gasteiger charge is 2.35. The van der Waals surface area contributed by atoms with Gasteiger partial charge in [0.25, 0.3) is 0 Å². The van der Waals surface area contributed by atoms with Crippen molar-refractivity contribution in [1.82, 2.24) is 9.29 Å². The van der Waals surface area contributed by atoms with E-state index in [1.807, 2.05) is 0 Å². The first-order valence-corrected chi connectivity index (χ1v) is 7.54. The summed E-state index contributed by atoms with van der Waals surface area (Å²) in [7, 11) is -3.82. The minimum absolute atomic E-state index is 0.0585. The molecule has 0 radical (unpaired) electrons. The zero-order valence-electron chi connectivity index (χ0n) is 10.9. The molecular formula is C12H15N3O4S. The predicted octanol–water partition coefficient (Wildman–Crippen LogP) is -0.276. The standard InChI is InChI=1S/C12H15N3O4S/c1-9-6-15(7-10(8-16)19-9)20(17,18)12-3-2-4-14-11(12)5-13/h2-4,9-10,16H,6-8H2,1H3. The average molecular weight is 297 g/mol. The van der Waals surface area contributed by atoms with Gasteiger partial charge in [0.1, 0.15) is 11.0 Å². The molecule has 8 heteroatoms. The van der Waals surface area contributed by atoms with Gasteiger partial charge in [-0.25, -0.2) is 13.4 Å². The summed E-state index contributed by atoms with van der Waals surface area (Å²) in [6.07, 6.45) is 0.490. The SMILES string of the molecule is CC1CN(S(=O)(=O)c2cccnc2C#N)CC(CO)O1. The van der Waals surface area contributed by atoms with Gasteiger partial charge in [-0.05, 0) is 19.1 Å². The van der Waals surface area contributed by atoms with Crippen LogP contribution >= 0.6 is 0 Å². The molecule has 2 atom stereocenters. The minimum atomic E-state index is -3.82. The summed E-state index contributed by atoms with van der Waals surface area (Å²) in [6, 6.07) is 4.61. The van der Waals surface area contributed by atoms with Gasteiger partial charge in [-0.3, -0.25) is 0 Å². The first-order valence-electron chi connectivity index (χ1n) is 6.10. The molecule has 2 heterocycles. The summed E-state index contributed by atoms with van der Waals surface area (Å²) in [4.78, 5) is 3.65. The van der Waals surface area contributed by atoms with Gasteiger partial charge in [-0.1, -0.05) is 0 Å². The lowest BCUT2D eigenvalue weighted by Gasteiger charge is -2.35. The zero-order valence-corrected chi connectivity index (χ0v) is 11.7. The largest absolute Gasteiger partial charge is 0.394 e. The number of sulfonamides is 1. The first-order chi connectivity index (χ1) is 9.48. The number of pyridine rings is 1. The first kappa shape index (κ1) is 14.9. The van der Waals surface area contributed by atoms with Crippen molar-refractivity contribution in [3.05, 3.63) is 24.0 Å². The van der Waals surface area contributed by atoms with Crippen LogP contribution in [0.2, 0.25) is 0 Å². The third-order valence-corrected chi connectivity index (χ3v) is 4.85. The molecule has 1 aromatic rings. The normalized spacial score (nSPS) is 24.2. The molecule has 2 unspecified atom stereocenters. The van der Waals surface area contributed by atoms with E-state index in [0.717, 1.165) is 0 Å². The van der Waals surface area contributed by atoms with Crippen LogP contribution in [0.1, 0.15) is 12.6 Å². The van der Waals surface area contributed by atoms with E-state index in [2.05, 4.69) is 4.98 Å². The van der Waals surface area contributed by atoms with Crippen molar-refractivity contribution in [3.8, 4) is 6.07 Å². The van der Waals surface area contributed by atoms with Gasteiger partial charge in [-0.15, -0.1) is 0 Å². The van der Waals surface area contributed by atoms with Gasteiger partial charge in [0, 0.05) is 19.3 Å². The van der Waals surface area contributed by atoms with Crippen LogP contribution in [0.25, 0.3) is 0 Å². The number of morpholine rings is 1. The lowest BCUT2D eigenvalue weighted by Crippen LogP contribution is -2.50. The molecular weight excluding hydrogens is 282 g/mol. The van der Waals surface area contributed by atoms with Crippen LogP contribution in [0.3, 0.4) is 0 Å². The molecule has 0 bridgehead atoms. The predicted molar refractivity (Wildman–Crippen MR) is 69.1 cm³/mol. The molecule has 1 aliphatic heterocycles. The number of aliphatic hydroxyl groups is 1. The highest BCUT2D eigenvalue weighted by molar-refractivity contribution is 7.89. The van der Waals surface area contributed by atoms with Crippen molar-refractivity contribution in [2.24, 2.45) is 0 Å². The molecule has 0 amide bonds. The summed E-state index contributed by atoms with van der Waals surface area (Å²) in [6.45, 7) is 1.72. The molecule has 0 saturated carbocycles. The quantitative estimate of drug-likeness (QED) is 0.823. The van der Waals surface area contributed by atoms with E-state index in [-0.39, 0.29) is 36.4 Å². The van der Waals surface area contributed by atoms with Gasteiger partial charge < -0.3 is 9.84 Å². The number of nitrogens with zero attached hydrogens (tertiary/aromatic N) is 3. The average Bonchev–Trinajstić information content (AvgIpc) is 2.46. The Morgan fingerprint density at radius 1 is 1.60 bits per heavy atom. The Labute approximate surface area is 117 Å². The zero-order chi connectivity index (χ0) is 14.8. The van der Waals surface area contributed by atoms with E-state index in [0.29, 0.717) is 0 Å². The molecule has 0 aliphatic carbocycles. The fourth-order valence-corrected chi connectivity index (χ4v) is 3.76. The molecule has 0 aromatic carbocycles. The number of nitriles is 1. The van der Waals surface area contributed by atoms with Crippen molar-refractivity contribution in [3.63, 3.8) is 0 Å². The van der Waals surface area contributed by atoms with E-state index >= 15 is 0 Å². The van der Waals surface area contributed by atoms with E-state index < -0.39 is 16.1 Å². The molecule has 108 valence electrons. The topological polar surface area (TPSA) is 104 Å². The molecule has 1 saturated heterocycles. The lowest BCUT2D eigenvalue weighted by molar-refractivity contribution is -0.0750. The number of ether oxygens (including phenoxy) is 1. The Kier molecular flexibility index (Phi) is 4.35. The second-order valence-electron chi connectivity index (χ2n) is 4.54. The second-order valence-corrected chi connectivity index (χ2v) is 6.44. The Morgan fingerprint density at radius 3 is 3.00 bits per heavy atom. The summed E-state index contributed by atoms with van der Waals surface area (Å²) in [5.41, 5.74) is -0.132. The fraction of sp³-hybridized carbons (Fsp3) is 0.500. The molecule has 1 fully saturated rings. The molecule has 20 heavy (non-hydrogen) atoms. The third-order valence-electron chi connectivity index (χ3n) is 2.99. The monoisotopic (exact) mass is 297 g/mol. The second kappa shape index (κ2) is 5.85. The Morgan fingerprint density at radius 2 is 2.35 bits per heavy atom. The highest BCUT2D eigenvalue weighted by Crippen LogP contribution is 2.22. The van der Waals surface area contributed by atoms with Crippen LogP contribution in [0, 0.1) is 11.3 Å². The van der Waals surface area contributed by atoms with E-state index in [1.165, 1.54) is 22.6 Å². The molecule has 1 aromatic heterocycles.